The Morgan fingerprint density at radius 1 is 1.07 bits per heavy atom. The van der Waals surface area contributed by atoms with Gasteiger partial charge in [-0.1, -0.05) is 36.4 Å². The molecule has 1 N–H and O–H groups in total. The number of hydrogen-bond donors (Lipinski definition) is 1. The molecule has 0 spiro atoms. The number of alkyl halides is 3. The van der Waals surface area contributed by atoms with Crippen molar-refractivity contribution in [1.82, 2.24) is 0 Å². The van der Waals surface area contributed by atoms with Crippen LogP contribution in [0.3, 0.4) is 0 Å². The van der Waals surface area contributed by atoms with Crippen LogP contribution in [0.15, 0.2) is 48.5 Å². The predicted molar refractivity (Wildman–Crippen MR) is 99.8 cm³/mol. The van der Waals surface area contributed by atoms with Crippen molar-refractivity contribution in [2.24, 2.45) is 11.8 Å². The molecule has 0 radical (unpaired) electrons. The van der Waals surface area contributed by atoms with Crippen LogP contribution < -0.4 is 5.32 Å². The fraction of sp³-hybridized carbons (Fsp3) is 0.273. The van der Waals surface area contributed by atoms with E-state index in [0.717, 1.165) is 25.0 Å². The van der Waals surface area contributed by atoms with Crippen LogP contribution in [-0.4, -0.2) is 11.7 Å². The number of carbonyl (C=O) groups is 2. The van der Waals surface area contributed by atoms with E-state index < -0.39 is 11.7 Å². The van der Waals surface area contributed by atoms with E-state index in [9.17, 15) is 22.8 Å². The number of fused-ring (bicyclic) bond motifs is 1. The second kappa shape index (κ2) is 6.93. The summed E-state index contributed by atoms with van der Waals surface area (Å²) in [7, 11) is 0. The maximum atomic E-state index is 12.7. The number of Topliss-reactive ketones (excluding diaryl/α,β-unsaturated/α-hetero) is 1. The van der Waals surface area contributed by atoms with E-state index in [1.165, 1.54) is 12.1 Å². The SMILES string of the molecule is O=C(Cc1ccc(C(F)(F)F)cc1)Nc1cccc2c1C=CC(C1CC1)C2=O. The highest BCUT2D eigenvalue weighted by Gasteiger charge is 2.37. The van der Waals surface area contributed by atoms with Gasteiger partial charge in [-0.3, -0.25) is 9.59 Å². The van der Waals surface area contributed by atoms with E-state index in [-0.39, 0.29) is 24.0 Å². The number of anilines is 1. The average molecular weight is 385 g/mol. The summed E-state index contributed by atoms with van der Waals surface area (Å²) in [5.41, 5.74) is 1.56. The van der Waals surface area contributed by atoms with Gasteiger partial charge in [0.15, 0.2) is 5.78 Å². The molecule has 0 bridgehead atoms. The van der Waals surface area contributed by atoms with Gasteiger partial charge in [-0.15, -0.1) is 0 Å². The van der Waals surface area contributed by atoms with Gasteiger partial charge in [0, 0.05) is 22.7 Å². The van der Waals surface area contributed by atoms with Gasteiger partial charge in [-0.05, 0) is 42.5 Å². The van der Waals surface area contributed by atoms with Gasteiger partial charge in [0.2, 0.25) is 5.91 Å². The third kappa shape index (κ3) is 3.72. The van der Waals surface area contributed by atoms with Crippen LogP contribution in [0.5, 0.6) is 0 Å². The number of amides is 1. The molecule has 1 saturated carbocycles. The Hall–Kier alpha value is -2.89. The molecule has 28 heavy (non-hydrogen) atoms. The summed E-state index contributed by atoms with van der Waals surface area (Å²) < 4.78 is 37.9. The van der Waals surface area contributed by atoms with Crippen LogP contribution in [-0.2, 0) is 17.4 Å². The molecule has 0 saturated heterocycles. The number of halogens is 3. The van der Waals surface area contributed by atoms with Crippen molar-refractivity contribution in [2.75, 3.05) is 5.32 Å². The molecule has 1 fully saturated rings. The summed E-state index contributed by atoms with van der Waals surface area (Å²) in [6.45, 7) is 0. The summed E-state index contributed by atoms with van der Waals surface area (Å²) >= 11 is 0. The van der Waals surface area contributed by atoms with E-state index in [2.05, 4.69) is 5.32 Å². The molecule has 0 aromatic heterocycles. The lowest BCUT2D eigenvalue weighted by atomic mass is 9.85. The van der Waals surface area contributed by atoms with Gasteiger partial charge >= 0.3 is 6.18 Å². The van der Waals surface area contributed by atoms with Gasteiger partial charge in [0.05, 0.1) is 12.0 Å². The lowest BCUT2D eigenvalue weighted by Gasteiger charge is -2.20. The Labute approximate surface area is 160 Å². The molecule has 144 valence electrons. The lowest BCUT2D eigenvalue weighted by Crippen LogP contribution is -2.21. The molecule has 2 aliphatic carbocycles. The highest BCUT2D eigenvalue weighted by molar-refractivity contribution is 6.08. The van der Waals surface area contributed by atoms with E-state index in [1.807, 2.05) is 12.2 Å². The molecular weight excluding hydrogens is 367 g/mol. The second-order valence-corrected chi connectivity index (χ2v) is 7.27. The Kier molecular flexibility index (Phi) is 4.57. The first-order chi connectivity index (χ1) is 13.3. The summed E-state index contributed by atoms with van der Waals surface area (Å²) in [5, 5.41) is 2.78. The predicted octanol–water partition coefficient (Wildman–Crippen LogP) is 5.12. The zero-order valence-electron chi connectivity index (χ0n) is 14.9. The summed E-state index contributed by atoms with van der Waals surface area (Å²) in [4.78, 5) is 25.1. The maximum absolute atomic E-state index is 12.7. The molecule has 1 atom stereocenters. The Morgan fingerprint density at radius 2 is 1.79 bits per heavy atom. The van der Waals surface area contributed by atoms with Gasteiger partial charge in [0.1, 0.15) is 0 Å². The van der Waals surface area contributed by atoms with Crippen molar-refractivity contribution in [3.63, 3.8) is 0 Å². The van der Waals surface area contributed by atoms with Gasteiger partial charge in [-0.2, -0.15) is 13.2 Å². The molecule has 6 heteroatoms. The minimum Gasteiger partial charge on any atom is -0.325 e. The van der Waals surface area contributed by atoms with E-state index in [0.29, 0.717) is 28.3 Å². The first kappa shape index (κ1) is 18.5. The number of carbonyl (C=O) groups excluding carboxylic acids is 2. The fourth-order valence-electron chi connectivity index (χ4n) is 3.55. The van der Waals surface area contributed by atoms with Crippen molar-refractivity contribution in [1.29, 1.82) is 0 Å². The van der Waals surface area contributed by atoms with Crippen LogP contribution in [0.25, 0.3) is 6.08 Å². The molecule has 1 unspecified atom stereocenters. The lowest BCUT2D eigenvalue weighted by molar-refractivity contribution is -0.137. The van der Waals surface area contributed by atoms with Crippen LogP contribution >= 0.6 is 0 Å². The zero-order chi connectivity index (χ0) is 19.9. The van der Waals surface area contributed by atoms with Crippen LogP contribution in [0.1, 0.15) is 39.9 Å². The smallest absolute Gasteiger partial charge is 0.325 e. The molecule has 0 heterocycles. The topological polar surface area (TPSA) is 46.2 Å². The number of benzene rings is 2. The quantitative estimate of drug-likeness (QED) is 0.794. The number of rotatable bonds is 4. The first-order valence-corrected chi connectivity index (χ1v) is 9.14. The van der Waals surface area contributed by atoms with E-state index >= 15 is 0 Å². The Morgan fingerprint density at radius 3 is 2.43 bits per heavy atom. The summed E-state index contributed by atoms with van der Waals surface area (Å²) in [5.74, 6) is 0.0811. The highest BCUT2D eigenvalue weighted by Crippen LogP contribution is 2.42. The molecule has 4 rings (SSSR count). The highest BCUT2D eigenvalue weighted by atomic mass is 19.4. The third-order valence-electron chi connectivity index (χ3n) is 5.19. The van der Waals surface area contributed by atoms with Gasteiger partial charge in [0.25, 0.3) is 0 Å². The van der Waals surface area contributed by atoms with Gasteiger partial charge < -0.3 is 5.32 Å². The van der Waals surface area contributed by atoms with Crippen LogP contribution in [0, 0.1) is 11.8 Å². The monoisotopic (exact) mass is 385 g/mol. The molecular formula is C22H18F3NO2. The first-order valence-electron chi connectivity index (χ1n) is 9.14. The normalized spacial score (nSPS) is 18.7. The van der Waals surface area contributed by atoms with Crippen molar-refractivity contribution in [3.8, 4) is 0 Å². The molecule has 1 amide bonds. The number of allylic oxidation sites excluding steroid dienone is 1. The molecule has 0 aliphatic heterocycles. The number of hydrogen-bond acceptors (Lipinski definition) is 2. The summed E-state index contributed by atoms with van der Waals surface area (Å²) in [6.07, 6.45) is 1.48. The maximum Gasteiger partial charge on any atom is 0.416 e. The minimum absolute atomic E-state index is 0.0514. The molecule has 2 aromatic rings. The van der Waals surface area contributed by atoms with Gasteiger partial charge in [-0.25, -0.2) is 0 Å². The molecule has 2 aromatic carbocycles. The molecule has 3 nitrogen and oxygen atoms in total. The van der Waals surface area contributed by atoms with Crippen molar-refractivity contribution >= 4 is 23.5 Å². The van der Waals surface area contributed by atoms with Crippen molar-refractivity contribution < 1.29 is 22.8 Å². The van der Waals surface area contributed by atoms with Crippen LogP contribution in [0.2, 0.25) is 0 Å². The van der Waals surface area contributed by atoms with Crippen molar-refractivity contribution in [2.45, 2.75) is 25.4 Å². The Balaban J connectivity index is 1.48. The van der Waals surface area contributed by atoms with E-state index in [1.54, 1.807) is 18.2 Å². The summed E-state index contributed by atoms with van der Waals surface area (Å²) in [6, 6.07) is 9.74. The molecule has 2 aliphatic rings. The standard InChI is InChI=1S/C22H18F3NO2/c23-22(24,25)15-8-4-13(5-9-15)12-20(27)26-19-3-1-2-18-17(19)11-10-16(21(18)28)14-6-7-14/h1-5,8-11,14,16H,6-7,12H2,(H,26,27). The minimum atomic E-state index is -4.40. The second-order valence-electron chi connectivity index (χ2n) is 7.27. The van der Waals surface area contributed by atoms with E-state index in [4.69, 9.17) is 0 Å². The zero-order valence-corrected chi connectivity index (χ0v) is 14.9. The number of ketones is 1. The third-order valence-corrected chi connectivity index (χ3v) is 5.19. The largest absolute Gasteiger partial charge is 0.416 e. The van der Waals surface area contributed by atoms with Crippen molar-refractivity contribution in [3.05, 3.63) is 70.8 Å². The average Bonchev–Trinajstić information content (AvgIpc) is 3.47. The van der Waals surface area contributed by atoms with Crippen LogP contribution in [0.4, 0.5) is 18.9 Å². The number of nitrogens with one attached hydrogen (secondary N) is 1. The fourth-order valence-corrected chi connectivity index (χ4v) is 3.55. The Bertz CT molecular complexity index is 957.